The third-order valence-electron chi connectivity index (χ3n) is 3.47. The average molecular weight is 270 g/mol. The van der Waals surface area contributed by atoms with Crippen LogP contribution in [0.5, 0.6) is 0 Å². The smallest absolute Gasteiger partial charge is 0.326 e. The number of hydrogen-bond donors (Lipinski definition) is 1. The number of carbonyl (C=O) groups is 1. The van der Waals surface area contributed by atoms with Crippen molar-refractivity contribution >= 4 is 17.7 Å². The van der Waals surface area contributed by atoms with E-state index in [0.29, 0.717) is 5.25 Å². The van der Waals surface area contributed by atoms with Crippen LogP contribution in [0.15, 0.2) is 11.5 Å². The lowest BCUT2D eigenvalue weighted by atomic mass is 9.98. The maximum absolute atomic E-state index is 11.9. The van der Waals surface area contributed by atoms with Crippen LogP contribution in [0.3, 0.4) is 0 Å². The summed E-state index contributed by atoms with van der Waals surface area (Å²) in [6, 6.07) is 0. The number of carbonyl (C=O) groups excluding carboxylic acids is 1. The first-order valence-corrected chi connectivity index (χ1v) is 6.77. The molecule has 1 heterocycles. The van der Waals surface area contributed by atoms with Gasteiger partial charge in [0.25, 0.3) is 0 Å². The molecule has 2 unspecified atom stereocenters. The number of ether oxygens (including phenoxy) is 1. The highest BCUT2D eigenvalue weighted by Crippen LogP contribution is 2.39. The zero-order valence-corrected chi connectivity index (χ0v) is 11.7. The molecule has 0 aliphatic heterocycles. The van der Waals surface area contributed by atoms with Gasteiger partial charge >= 0.3 is 5.97 Å². The van der Waals surface area contributed by atoms with E-state index in [0.717, 1.165) is 24.4 Å². The summed E-state index contributed by atoms with van der Waals surface area (Å²) >= 11 is 1.67. The Bertz CT molecular complexity index is 436. The van der Waals surface area contributed by atoms with Gasteiger partial charge in [-0.2, -0.15) is 5.10 Å². The normalized spacial score (nSPS) is 27.4. The van der Waals surface area contributed by atoms with Crippen LogP contribution in [0.2, 0.25) is 0 Å². The van der Waals surface area contributed by atoms with Crippen molar-refractivity contribution in [2.24, 2.45) is 7.05 Å². The third-order valence-corrected chi connectivity index (χ3v) is 4.78. The van der Waals surface area contributed by atoms with Crippen LogP contribution in [0.4, 0.5) is 0 Å². The Morgan fingerprint density at radius 3 is 3.06 bits per heavy atom. The van der Waals surface area contributed by atoms with E-state index < -0.39 is 5.54 Å². The van der Waals surface area contributed by atoms with Gasteiger partial charge < -0.3 is 10.1 Å². The highest BCUT2D eigenvalue weighted by Gasteiger charge is 2.45. The molecule has 1 N–H and O–H groups in total. The van der Waals surface area contributed by atoms with E-state index >= 15 is 0 Å². The summed E-state index contributed by atoms with van der Waals surface area (Å²) in [6.07, 6.45) is 4.07. The van der Waals surface area contributed by atoms with Crippen molar-refractivity contribution in [3.05, 3.63) is 6.33 Å². The number of aryl methyl sites for hydroxylation is 1. The summed E-state index contributed by atoms with van der Waals surface area (Å²) in [5.74, 6) is -0.175. The Kier molecular flexibility index (Phi) is 3.91. The van der Waals surface area contributed by atoms with Crippen LogP contribution in [-0.2, 0) is 16.6 Å². The van der Waals surface area contributed by atoms with Gasteiger partial charge in [0.1, 0.15) is 11.9 Å². The van der Waals surface area contributed by atoms with E-state index in [-0.39, 0.29) is 5.97 Å². The van der Waals surface area contributed by atoms with Crippen molar-refractivity contribution < 1.29 is 9.53 Å². The quantitative estimate of drug-likeness (QED) is 0.808. The predicted molar refractivity (Wildman–Crippen MR) is 68.3 cm³/mol. The molecule has 1 aromatic rings. The van der Waals surface area contributed by atoms with Gasteiger partial charge in [-0.05, 0) is 26.3 Å². The van der Waals surface area contributed by atoms with Crippen LogP contribution in [0.1, 0.15) is 19.3 Å². The summed E-state index contributed by atoms with van der Waals surface area (Å²) in [4.78, 5) is 16.1. The Labute approximate surface area is 110 Å². The van der Waals surface area contributed by atoms with Gasteiger partial charge in [0.2, 0.25) is 0 Å². The molecule has 0 saturated heterocycles. The Hall–Kier alpha value is -1.08. The second-order valence-electron chi connectivity index (χ2n) is 4.47. The van der Waals surface area contributed by atoms with Crippen molar-refractivity contribution in [2.75, 3.05) is 14.2 Å². The van der Waals surface area contributed by atoms with Gasteiger partial charge in [-0.25, -0.2) is 9.67 Å². The minimum atomic E-state index is -0.537. The lowest BCUT2D eigenvalue weighted by molar-refractivity contribution is -0.148. The molecule has 0 bridgehead atoms. The number of esters is 1. The molecule has 0 amide bonds. The van der Waals surface area contributed by atoms with E-state index in [4.69, 9.17) is 4.74 Å². The molecule has 2 atom stereocenters. The van der Waals surface area contributed by atoms with Gasteiger partial charge in [-0.15, -0.1) is 0 Å². The molecule has 1 saturated carbocycles. The number of aromatic nitrogens is 3. The van der Waals surface area contributed by atoms with Gasteiger partial charge in [-0.3, -0.25) is 4.79 Å². The molecule has 1 aliphatic rings. The zero-order chi connectivity index (χ0) is 13.2. The fourth-order valence-electron chi connectivity index (χ4n) is 2.35. The minimum absolute atomic E-state index is 0.175. The van der Waals surface area contributed by atoms with Crippen LogP contribution in [0.25, 0.3) is 0 Å². The fourth-order valence-corrected chi connectivity index (χ4v) is 3.56. The molecular weight excluding hydrogens is 252 g/mol. The summed E-state index contributed by atoms with van der Waals surface area (Å²) in [5, 5.41) is 8.41. The second kappa shape index (κ2) is 5.27. The topological polar surface area (TPSA) is 69.0 Å². The molecule has 2 rings (SSSR count). The molecule has 7 heteroatoms. The minimum Gasteiger partial charge on any atom is -0.468 e. The van der Waals surface area contributed by atoms with Gasteiger partial charge in [0.15, 0.2) is 5.16 Å². The third kappa shape index (κ3) is 2.37. The standard InChI is InChI=1S/C11H18N4O2S/c1-12-11(9(16)17-3)5-4-8(6-11)18-10-13-7-14-15(10)2/h7-8,12H,4-6H2,1-3H3. The van der Waals surface area contributed by atoms with Crippen LogP contribution < -0.4 is 5.32 Å². The maximum Gasteiger partial charge on any atom is 0.326 e. The van der Waals surface area contributed by atoms with E-state index in [1.165, 1.54) is 7.11 Å². The molecule has 1 aliphatic carbocycles. The van der Waals surface area contributed by atoms with E-state index in [9.17, 15) is 4.79 Å². The lowest BCUT2D eigenvalue weighted by Gasteiger charge is -2.25. The molecule has 0 radical (unpaired) electrons. The van der Waals surface area contributed by atoms with Crippen LogP contribution in [-0.4, -0.2) is 45.7 Å². The monoisotopic (exact) mass is 270 g/mol. The van der Waals surface area contributed by atoms with Crippen molar-refractivity contribution in [1.82, 2.24) is 20.1 Å². The molecule has 18 heavy (non-hydrogen) atoms. The Balaban J connectivity index is 2.03. The molecule has 0 spiro atoms. The Morgan fingerprint density at radius 2 is 2.50 bits per heavy atom. The molecule has 1 aromatic heterocycles. The van der Waals surface area contributed by atoms with E-state index in [1.54, 1.807) is 22.8 Å². The van der Waals surface area contributed by atoms with Gasteiger partial charge in [-0.1, -0.05) is 11.8 Å². The van der Waals surface area contributed by atoms with Crippen LogP contribution >= 0.6 is 11.8 Å². The van der Waals surface area contributed by atoms with Crippen LogP contribution in [0, 0.1) is 0 Å². The number of thioether (sulfide) groups is 1. The number of rotatable bonds is 4. The fraction of sp³-hybridized carbons (Fsp3) is 0.727. The SMILES string of the molecule is CNC1(C(=O)OC)CCC(Sc2ncnn2C)C1. The van der Waals surface area contributed by atoms with Crippen molar-refractivity contribution in [3.63, 3.8) is 0 Å². The van der Waals surface area contributed by atoms with Gasteiger partial charge in [0, 0.05) is 12.3 Å². The first kappa shape index (κ1) is 13.4. The molecule has 6 nitrogen and oxygen atoms in total. The summed E-state index contributed by atoms with van der Waals surface area (Å²) in [6.45, 7) is 0. The first-order chi connectivity index (χ1) is 8.61. The highest BCUT2D eigenvalue weighted by atomic mass is 32.2. The van der Waals surface area contributed by atoms with Crippen molar-refractivity contribution in [2.45, 2.75) is 35.2 Å². The molecule has 1 fully saturated rings. The second-order valence-corrected chi connectivity index (χ2v) is 5.74. The first-order valence-electron chi connectivity index (χ1n) is 5.89. The number of hydrogen-bond acceptors (Lipinski definition) is 6. The van der Waals surface area contributed by atoms with E-state index in [2.05, 4.69) is 15.4 Å². The number of nitrogens with zero attached hydrogens (tertiary/aromatic N) is 3. The summed E-state index contributed by atoms with van der Waals surface area (Å²) in [7, 11) is 5.12. The summed E-state index contributed by atoms with van der Waals surface area (Å²) < 4.78 is 6.64. The molecule has 100 valence electrons. The summed E-state index contributed by atoms with van der Waals surface area (Å²) in [5.41, 5.74) is -0.537. The highest BCUT2D eigenvalue weighted by molar-refractivity contribution is 7.99. The predicted octanol–water partition coefficient (Wildman–Crippen LogP) is 0.591. The van der Waals surface area contributed by atoms with Gasteiger partial charge in [0.05, 0.1) is 7.11 Å². The lowest BCUT2D eigenvalue weighted by Crippen LogP contribution is -2.49. The average Bonchev–Trinajstić information content (AvgIpc) is 2.97. The molecule has 0 aromatic carbocycles. The number of likely N-dealkylation sites (N-methyl/N-ethyl adjacent to an activating group) is 1. The zero-order valence-electron chi connectivity index (χ0n) is 10.8. The van der Waals surface area contributed by atoms with Crippen molar-refractivity contribution in [1.29, 1.82) is 0 Å². The molecular formula is C11H18N4O2S. The Morgan fingerprint density at radius 1 is 1.72 bits per heavy atom. The van der Waals surface area contributed by atoms with Crippen molar-refractivity contribution in [3.8, 4) is 0 Å². The number of nitrogens with one attached hydrogen (secondary N) is 1. The van der Waals surface area contributed by atoms with E-state index in [1.807, 2.05) is 14.1 Å². The maximum atomic E-state index is 11.9. The largest absolute Gasteiger partial charge is 0.468 e. The number of methoxy groups -OCH3 is 1.